The molecule has 19 heteroatoms. The molecule has 348 valence electrons. The summed E-state index contributed by atoms with van der Waals surface area (Å²) in [5.41, 5.74) is 11.8. The van der Waals surface area contributed by atoms with Crippen molar-refractivity contribution in [1.82, 2.24) is 24.5 Å². The first-order valence-electron chi connectivity index (χ1n) is 21.8. The number of azo groups is 2. The van der Waals surface area contributed by atoms with Crippen LogP contribution >= 0.6 is 34.6 Å². The maximum atomic E-state index is 9.96. The van der Waals surface area contributed by atoms with Crippen LogP contribution in [-0.2, 0) is 0 Å². The zero-order chi connectivity index (χ0) is 49.7. The van der Waals surface area contributed by atoms with Crippen molar-refractivity contribution >= 4 is 102 Å². The summed E-state index contributed by atoms with van der Waals surface area (Å²) in [5.74, 6) is 2.67. The molecule has 4 N–H and O–H groups in total. The topological polar surface area (TPSA) is 233 Å². The van der Waals surface area contributed by atoms with Crippen molar-refractivity contribution in [2.24, 2.45) is 20.5 Å². The fraction of sp³-hybridized carbons (Fsp3) is 0.176. The van der Waals surface area contributed by atoms with Gasteiger partial charge in [-0.05, 0) is 114 Å². The number of rotatable bonds is 14. The third-order valence-electron chi connectivity index (χ3n) is 10.4. The van der Waals surface area contributed by atoms with E-state index in [1.807, 2.05) is 132 Å². The van der Waals surface area contributed by atoms with Crippen LogP contribution in [-0.4, -0.2) is 30.3 Å². The zero-order valence-electron chi connectivity index (χ0n) is 39.5. The number of hydrogen-bond donors (Lipinski definition) is 4. The van der Waals surface area contributed by atoms with Crippen molar-refractivity contribution < 1.29 is 0 Å². The van der Waals surface area contributed by atoms with Crippen LogP contribution in [0.5, 0.6) is 0 Å². The smallest absolute Gasteiger partial charge is 0.252 e. The van der Waals surface area contributed by atoms with E-state index in [2.05, 4.69) is 81.4 Å². The lowest BCUT2D eigenvalue weighted by atomic mass is 10.1. The summed E-state index contributed by atoms with van der Waals surface area (Å²) in [6.07, 6.45) is 0. The average Bonchev–Trinajstić information content (AvgIpc) is 3.96. The van der Waals surface area contributed by atoms with Crippen LogP contribution in [0.4, 0.5) is 67.5 Å². The van der Waals surface area contributed by atoms with Gasteiger partial charge in [-0.1, -0.05) is 101 Å². The van der Waals surface area contributed by atoms with Crippen molar-refractivity contribution in [1.29, 1.82) is 15.8 Å². The zero-order valence-corrected chi connectivity index (χ0v) is 42.0. The molecule has 0 saturated heterocycles. The van der Waals surface area contributed by atoms with Gasteiger partial charge in [-0.3, -0.25) is 0 Å². The molecule has 8 aromatic rings. The number of aryl methyl sites for hydroxylation is 5. The predicted octanol–water partition coefficient (Wildman–Crippen LogP) is 15.2. The molecule has 70 heavy (non-hydrogen) atoms. The van der Waals surface area contributed by atoms with Gasteiger partial charge < -0.3 is 21.3 Å². The average molecular weight is 979 g/mol. The van der Waals surface area contributed by atoms with Crippen molar-refractivity contribution in [3.05, 3.63) is 153 Å². The molecule has 8 rings (SSSR count). The second-order valence-electron chi connectivity index (χ2n) is 15.7. The Bertz CT molecular complexity index is 3320. The van der Waals surface area contributed by atoms with Crippen LogP contribution in [0.2, 0.25) is 0 Å². The minimum Gasteiger partial charge on any atom is -0.339 e. The number of nitrogens with zero attached hydrogens (tertiary/aromatic N) is 12. The highest BCUT2D eigenvalue weighted by Gasteiger charge is 2.21. The molecular weight excluding hydrogens is 933 g/mol. The lowest BCUT2D eigenvalue weighted by Gasteiger charge is -2.16. The summed E-state index contributed by atoms with van der Waals surface area (Å²) < 4.78 is 5.03. The molecule has 4 aromatic heterocycles. The van der Waals surface area contributed by atoms with Gasteiger partial charge in [-0.25, -0.2) is 9.97 Å². The maximum absolute atomic E-state index is 9.96. The molecule has 0 fully saturated rings. The van der Waals surface area contributed by atoms with Gasteiger partial charge >= 0.3 is 0 Å². The highest BCUT2D eigenvalue weighted by atomic mass is 32.2. The van der Waals surface area contributed by atoms with Crippen molar-refractivity contribution in [2.45, 2.75) is 59.7 Å². The third kappa shape index (κ3) is 12.4. The molecular formula is C51H46N16S3. The highest BCUT2D eigenvalue weighted by molar-refractivity contribution is 8.01. The molecule has 0 bridgehead atoms. The summed E-state index contributed by atoms with van der Waals surface area (Å²) in [6.45, 7) is 15.5. The van der Waals surface area contributed by atoms with Crippen LogP contribution in [0.3, 0.4) is 0 Å². The van der Waals surface area contributed by atoms with E-state index in [0.717, 1.165) is 66.6 Å². The molecule has 16 nitrogen and oxygen atoms in total. The number of nitrogens with one attached hydrogen (secondary N) is 4. The summed E-state index contributed by atoms with van der Waals surface area (Å²) in [4.78, 5) is 9.48. The number of aromatic nitrogens is 5. The molecule has 0 aliphatic rings. The third-order valence-corrected chi connectivity index (χ3v) is 13.1. The van der Waals surface area contributed by atoms with Gasteiger partial charge in [0.05, 0.1) is 16.8 Å². The number of hydrogen-bond acceptors (Lipinski definition) is 19. The Kier molecular flexibility index (Phi) is 16.3. The van der Waals surface area contributed by atoms with Crippen LogP contribution in [0, 0.1) is 82.5 Å². The first kappa shape index (κ1) is 49.5. The van der Waals surface area contributed by atoms with E-state index in [9.17, 15) is 15.8 Å². The normalized spacial score (nSPS) is 10.8. The van der Waals surface area contributed by atoms with Crippen molar-refractivity contribution in [3.63, 3.8) is 0 Å². The van der Waals surface area contributed by atoms with Crippen LogP contribution in [0.1, 0.15) is 62.7 Å². The molecule has 0 saturated carbocycles. The van der Waals surface area contributed by atoms with E-state index in [0.29, 0.717) is 78.3 Å². The van der Waals surface area contributed by atoms with E-state index < -0.39 is 0 Å². The van der Waals surface area contributed by atoms with Crippen LogP contribution in [0.25, 0.3) is 0 Å². The van der Waals surface area contributed by atoms with E-state index in [-0.39, 0.29) is 0 Å². The van der Waals surface area contributed by atoms with Crippen molar-refractivity contribution in [2.75, 3.05) is 27.0 Å². The summed E-state index contributed by atoms with van der Waals surface area (Å²) >= 11 is 4.08. The second-order valence-corrected chi connectivity index (χ2v) is 19.0. The Hall–Kier alpha value is -8.41. The van der Waals surface area contributed by atoms with Gasteiger partial charge in [0.15, 0.2) is 32.6 Å². The monoisotopic (exact) mass is 978 g/mol. The second kappa shape index (κ2) is 23.1. The Morgan fingerprint density at radius 3 is 1.27 bits per heavy atom. The molecule has 0 aliphatic carbocycles. The molecule has 4 aromatic carbocycles. The molecule has 0 aliphatic heterocycles. The number of nitriles is 3. The Labute approximate surface area is 418 Å². The summed E-state index contributed by atoms with van der Waals surface area (Å²) in [7, 11) is 0. The van der Waals surface area contributed by atoms with Gasteiger partial charge in [0.2, 0.25) is 0 Å². The van der Waals surface area contributed by atoms with E-state index in [1.54, 1.807) is 25.6 Å². The lowest BCUT2D eigenvalue weighted by molar-refractivity contribution is 0.993. The number of benzene rings is 4. The number of pyridine rings is 2. The number of thioether (sulfide) groups is 1. The van der Waals surface area contributed by atoms with Crippen molar-refractivity contribution in [3.8, 4) is 18.2 Å². The van der Waals surface area contributed by atoms with Crippen LogP contribution in [0.15, 0.2) is 122 Å². The maximum Gasteiger partial charge on any atom is 0.252 e. The minimum atomic E-state index is 0.356. The number of anilines is 8. The van der Waals surface area contributed by atoms with Gasteiger partial charge in [0.25, 0.3) is 5.13 Å². The molecule has 0 amide bonds. The van der Waals surface area contributed by atoms with Gasteiger partial charge in [0.1, 0.15) is 35.1 Å². The largest absolute Gasteiger partial charge is 0.339 e. The minimum absolute atomic E-state index is 0.356. The molecule has 0 radical (unpaired) electrons. The lowest BCUT2D eigenvalue weighted by Crippen LogP contribution is -2.04. The van der Waals surface area contributed by atoms with Crippen LogP contribution < -0.4 is 21.3 Å². The van der Waals surface area contributed by atoms with Gasteiger partial charge in [0, 0.05) is 33.9 Å². The SMILES string of the molecule is CCSc1nnc(N=Nc2c(Nc3ccc(C)cc3)nc(Nc3ccc(C)cc3)c(C#N)c2C)s1.Cc1ccc(Nc2nc(Nc3ccc(C)cc3)c(N=Nc3snc(C)c3C#N)c(C)c2C#N)cc1. The Morgan fingerprint density at radius 1 is 0.500 bits per heavy atom. The van der Waals surface area contributed by atoms with E-state index in [4.69, 9.17) is 9.97 Å². The quantitative estimate of drug-likeness (QED) is 0.0587. The molecule has 0 spiro atoms. The standard InChI is InChI=1S/C26H22N8S.C25H24N8S2/c1-15-5-9-19(10-6-15)29-24-21(13-27)17(3)23(32-33-26-22(14-28)18(4)34-35-26)25(31-24)30-20-11-7-16(2)8-12-20;1-5-34-25-33-32-24(35-25)31-30-21-17(4)20(14-26)22(27-18-10-6-15(2)7-11-18)29-23(21)28-19-12-8-16(3)9-13-19/h5-12H,1-4H3,(H2,29,30,31);6-13H,5H2,1-4H3,(H2,27,28,29). The first-order chi connectivity index (χ1) is 33.8. The highest BCUT2D eigenvalue weighted by Crippen LogP contribution is 2.40. The molecule has 4 heterocycles. The van der Waals surface area contributed by atoms with Gasteiger partial charge in [-0.2, -0.15) is 20.2 Å². The Balaban J connectivity index is 0.000000206. The van der Waals surface area contributed by atoms with E-state index in [1.165, 1.54) is 11.3 Å². The summed E-state index contributed by atoms with van der Waals surface area (Å²) in [5, 5.41) is 69.1. The van der Waals surface area contributed by atoms with Gasteiger partial charge in [-0.15, -0.1) is 30.7 Å². The van der Waals surface area contributed by atoms with E-state index >= 15 is 0 Å². The first-order valence-corrected chi connectivity index (χ1v) is 24.3. The summed E-state index contributed by atoms with van der Waals surface area (Å²) in [6, 6.07) is 38.2. The molecule has 0 unspecified atom stereocenters. The molecule has 0 atom stereocenters. The Morgan fingerprint density at radius 2 is 0.886 bits per heavy atom. The fourth-order valence-electron chi connectivity index (χ4n) is 6.52. The fourth-order valence-corrected chi connectivity index (χ4v) is 8.76. The predicted molar refractivity (Wildman–Crippen MR) is 281 cm³/mol.